The molecule has 0 bridgehead atoms. The van der Waals surface area contributed by atoms with Crippen molar-refractivity contribution in [2.45, 2.75) is 43.9 Å². The summed E-state index contributed by atoms with van der Waals surface area (Å²) >= 11 is 0. The predicted molar refractivity (Wildman–Crippen MR) is 81.1 cm³/mol. The lowest BCUT2D eigenvalue weighted by atomic mass is 9.96. The molecule has 1 amide bonds. The topological polar surface area (TPSA) is 106 Å². The van der Waals surface area contributed by atoms with Gasteiger partial charge in [-0.15, -0.1) is 0 Å². The maximum atomic E-state index is 11.2. The van der Waals surface area contributed by atoms with E-state index in [2.05, 4.69) is 5.32 Å². The lowest BCUT2D eigenvalue weighted by Gasteiger charge is -2.46. The fraction of sp³-hybridized carbons (Fsp3) is 0.562. The van der Waals surface area contributed by atoms with Gasteiger partial charge in [0.15, 0.2) is 12.6 Å². The molecular formula is C16H21NO7. The number of aliphatic hydroxyl groups is 2. The average Bonchev–Trinajstić information content (AvgIpc) is 2.58. The minimum Gasteiger partial charge on any atom is -0.497 e. The number of nitrogens with one attached hydrogen (secondary N) is 1. The van der Waals surface area contributed by atoms with E-state index in [0.717, 1.165) is 5.56 Å². The molecule has 1 aromatic carbocycles. The van der Waals surface area contributed by atoms with E-state index in [0.29, 0.717) is 5.75 Å². The van der Waals surface area contributed by atoms with Gasteiger partial charge in [-0.2, -0.15) is 0 Å². The van der Waals surface area contributed by atoms with Crippen molar-refractivity contribution >= 4 is 5.91 Å². The Labute approximate surface area is 139 Å². The van der Waals surface area contributed by atoms with Gasteiger partial charge >= 0.3 is 0 Å². The number of methoxy groups -OCH3 is 1. The van der Waals surface area contributed by atoms with E-state index in [4.69, 9.17) is 18.9 Å². The molecule has 0 spiro atoms. The molecule has 0 saturated carbocycles. The molecule has 6 atom stereocenters. The van der Waals surface area contributed by atoms with E-state index in [9.17, 15) is 15.0 Å². The van der Waals surface area contributed by atoms with Crippen molar-refractivity contribution in [2.24, 2.45) is 0 Å². The fourth-order valence-corrected chi connectivity index (χ4v) is 2.93. The Morgan fingerprint density at radius 3 is 2.58 bits per heavy atom. The Morgan fingerprint density at radius 2 is 1.96 bits per heavy atom. The average molecular weight is 339 g/mol. The maximum absolute atomic E-state index is 11.2. The highest BCUT2D eigenvalue weighted by atomic mass is 16.7. The maximum Gasteiger partial charge on any atom is 0.217 e. The molecule has 0 radical (unpaired) electrons. The summed E-state index contributed by atoms with van der Waals surface area (Å²) in [5, 5.41) is 22.9. The third kappa shape index (κ3) is 3.38. The number of ether oxygens (including phenoxy) is 4. The van der Waals surface area contributed by atoms with Crippen LogP contribution in [-0.4, -0.2) is 60.5 Å². The van der Waals surface area contributed by atoms with Gasteiger partial charge < -0.3 is 34.5 Å². The first kappa shape index (κ1) is 17.1. The number of carbonyl (C=O) groups excluding carboxylic acids is 1. The van der Waals surface area contributed by atoms with E-state index in [1.165, 1.54) is 6.92 Å². The Bertz CT molecular complexity index is 578. The second kappa shape index (κ2) is 7.04. The highest BCUT2D eigenvalue weighted by molar-refractivity contribution is 5.73. The zero-order valence-corrected chi connectivity index (χ0v) is 13.4. The van der Waals surface area contributed by atoms with Crippen LogP contribution in [0.25, 0.3) is 0 Å². The van der Waals surface area contributed by atoms with E-state index < -0.39 is 36.9 Å². The van der Waals surface area contributed by atoms with Gasteiger partial charge in [0.2, 0.25) is 5.91 Å². The fourth-order valence-electron chi connectivity index (χ4n) is 2.93. The predicted octanol–water partition coefficient (Wildman–Crippen LogP) is -0.308. The van der Waals surface area contributed by atoms with Crippen LogP contribution in [0.2, 0.25) is 0 Å². The van der Waals surface area contributed by atoms with Crippen LogP contribution in [-0.2, 0) is 19.0 Å². The van der Waals surface area contributed by atoms with Crippen LogP contribution in [0.15, 0.2) is 24.3 Å². The molecule has 3 rings (SSSR count). The van der Waals surface area contributed by atoms with Crippen molar-refractivity contribution in [1.82, 2.24) is 5.32 Å². The van der Waals surface area contributed by atoms with Gasteiger partial charge in [0.25, 0.3) is 0 Å². The van der Waals surface area contributed by atoms with Crippen molar-refractivity contribution in [3.8, 4) is 5.75 Å². The minimum absolute atomic E-state index is 0.155. The number of rotatable bonds is 3. The van der Waals surface area contributed by atoms with Crippen LogP contribution in [0.3, 0.4) is 0 Å². The molecule has 3 N–H and O–H groups in total. The second-order valence-corrected chi connectivity index (χ2v) is 5.82. The van der Waals surface area contributed by atoms with Crippen LogP contribution in [0.1, 0.15) is 18.8 Å². The van der Waals surface area contributed by atoms with Crippen molar-refractivity contribution in [2.75, 3.05) is 13.7 Å². The molecule has 132 valence electrons. The van der Waals surface area contributed by atoms with Crippen LogP contribution in [0, 0.1) is 0 Å². The molecule has 2 aliphatic heterocycles. The quantitative estimate of drug-likeness (QED) is 0.694. The Morgan fingerprint density at radius 1 is 1.25 bits per heavy atom. The first-order valence-electron chi connectivity index (χ1n) is 7.69. The molecule has 2 saturated heterocycles. The number of aliphatic hydroxyl groups excluding tert-OH is 2. The summed E-state index contributed by atoms with van der Waals surface area (Å²) in [6, 6.07) is 6.22. The summed E-state index contributed by atoms with van der Waals surface area (Å²) in [5.74, 6) is 0.334. The summed E-state index contributed by atoms with van der Waals surface area (Å²) in [5.41, 5.74) is 0.767. The Balaban J connectivity index is 1.73. The van der Waals surface area contributed by atoms with Crippen LogP contribution < -0.4 is 10.1 Å². The molecule has 2 fully saturated rings. The highest BCUT2D eigenvalue weighted by Crippen LogP contribution is 2.34. The number of carbonyl (C=O) groups is 1. The first-order valence-corrected chi connectivity index (χ1v) is 7.69. The Kier molecular flexibility index (Phi) is 5.02. The number of hydrogen-bond donors (Lipinski definition) is 3. The van der Waals surface area contributed by atoms with E-state index in [1.54, 1.807) is 31.4 Å². The van der Waals surface area contributed by atoms with Gasteiger partial charge in [0, 0.05) is 12.5 Å². The first-order chi connectivity index (χ1) is 11.5. The molecule has 0 aromatic heterocycles. The van der Waals surface area contributed by atoms with E-state index >= 15 is 0 Å². The van der Waals surface area contributed by atoms with Crippen molar-refractivity contribution in [3.05, 3.63) is 29.8 Å². The molecule has 24 heavy (non-hydrogen) atoms. The minimum atomic E-state index is -1.32. The van der Waals surface area contributed by atoms with Crippen molar-refractivity contribution < 1.29 is 34.0 Å². The lowest BCUT2D eigenvalue weighted by molar-refractivity contribution is -0.337. The van der Waals surface area contributed by atoms with Crippen LogP contribution in [0.4, 0.5) is 0 Å². The van der Waals surface area contributed by atoms with Gasteiger partial charge in [0.05, 0.1) is 13.7 Å². The number of hydrogen-bond acceptors (Lipinski definition) is 7. The molecule has 8 heteroatoms. The SMILES string of the molecule is COc1ccc(C2OCC3OC(O)C(NC(C)=O)C(O)C3O2)cc1. The van der Waals surface area contributed by atoms with Crippen molar-refractivity contribution in [3.63, 3.8) is 0 Å². The zero-order chi connectivity index (χ0) is 17.3. The smallest absolute Gasteiger partial charge is 0.217 e. The van der Waals surface area contributed by atoms with Gasteiger partial charge in [-0.05, 0) is 12.1 Å². The molecule has 2 aliphatic rings. The van der Waals surface area contributed by atoms with Gasteiger partial charge in [-0.3, -0.25) is 4.79 Å². The zero-order valence-electron chi connectivity index (χ0n) is 13.4. The summed E-state index contributed by atoms with van der Waals surface area (Å²) in [4.78, 5) is 11.2. The summed E-state index contributed by atoms with van der Waals surface area (Å²) in [6.07, 6.45) is -4.47. The van der Waals surface area contributed by atoms with Crippen LogP contribution in [0.5, 0.6) is 5.75 Å². The van der Waals surface area contributed by atoms with E-state index in [-0.39, 0.29) is 12.5 Å². The molecule has 6 unspecified atom stereocenters. The van der Waals surface area contributed by atoms with E-state index in [1.807, 2.05) is 0 Å². The standard InChI is InChI=1S/C16H21NO7/c1-8(18)17-12-13(19)14-11(23-15(12)20)7-22-16(24-14)9-3-5-10(21-2)6-4-9/h3-6,11-16,19-20H,7H2,1-2H3,(H,17,18). The monoisotopic (exact) mass is 339 g/mol. The molecule has 0 aliphatic carbocycles. The highest BCUT2D eigenvalue weighted by Gasteiger charge is 2.49. The number of fused-ring (bicyclic) bond motifs is 1. The summed E-state index contributed by atoms with van der Waals surface area (Å²) < 4.78 is 22.0. The van der Waals surface area contributed by atoms with Crippen LogP contribution >= 0.6 is 0 Å². The molecular weight excluding hydrogens is 318 g/mol. The molecule has 2 heterocycles. The third-order valence-corrected chi connectivity index (χ3v) is 4.14. The van der Waals surface area contributed by atoms with Gasteiger partial charge in [-0.1, -0.05) is 12.1 Å². The molecule has 1 aromatic rings. The lowest BCUT2D eigenvalue weighted by Crippen LogP contribution is -2.66. The number of benzene rings is 1. The third-order valence-electron chi connectivity index (χ3n) is 4.14. The number of amides is 1. The summed E-state index contributed by atoms with van der Waals surface area (Å²) in [6.45, 7) is 1.46. The largest absolute Gasteiger partial charge is 0.497 e. The summed E-state index contributed by atoms with van der Waals surface area (Å²) in [7, 11) is 1.58. The second-order valence-electron chi connectivity index (χ2n) is 5.82. The molecule has 8 nitrogen and oxygen atoms in total. The normalized spacial score (nSPS) is 35.8. The Hall–Kier alpha value is -1.71. The van der Waals surface area contributed by atoms with Gasteiger partial charge in [-0.25, -0.2) is 0 Å². The van der Waals surface area contributed by atoms with Crippen molar-refractivity contribution in [1.29, 1.82) is 0 Å². The van der Waals surface area contributed by atoms with Gasteiger partial charge in [0.1, 0.15) is 30.1 Å².